The summed E-state index contributed by atoms with van der Waals surface area (Å²) >= 11 is 0. The van der Waals surface area contributed by atoms with Gasteiger partial charge in [0.05, 0.1) is 0 Å². The standard InChI is InChI=1S/C10H14N2O2/c1-12-9(13)6-8(11-10(12)14)7-4-2-3-5-7/h6-7H,2-5H2,1H3,(H,11,14). The van der Waals surface area contributed by atoms with Gasteiger partial charge in [0.15, 0.2) is 0 Å². The van der Waals surface area contributed by atoms with Crippen molar-refractivity contribution < 1.29 is 0 Å². The van der Waals surface area contributed by atoms with E-state index in [1.54, 1.807) is 6.07 Å². The lowest BCUT2D eigenvalue weighted by molar-refractivity contribution is 0.662. The first-order valence-corrected chi connectivity index (χ1v) is 4.99. The molecule has 0 bridgehead atoms. The van der Waals surface area contributed by atoms with E-state index in [0.717, 1.165) is 23.1 Å². The summed E-state index contributed by atoms with van der Waals surface area (Å²) in [6.07, 6.45) is 4.57. The highest BCUT2D eigenvalue weighted by atomic mass is 16.2. The lowest BCUT2D eigenvalue weighted by Crippen LogP contribution is -2.33. The van der Waals surface area contributed by atoms with E-state index < -0.39 is 0 Å². The van der Waals surface area contributed by atoms with Gasteiger partial charge >= 0.3 is 5.69 Å². The Morgan fingerprint density at radius 2 is 2.00 bits per heavy atom. The maximum atomic E-state index is 11.4. The van der Waals surface area contributed by atoms with Crippen molar-refractivity contribution in [2.45, 2.75) is 31.6 Å². The molecule has 0 saturated heterocycles. The summed E-state index contributed by atoms with van der Waals surface area (Å²) in [5, 5.41) is 0. The molecule has 1 aromatic rings. The Kier molecular flexibility index (Phi) is 2.27. The summed E-state index contributed by atoms with van der Waals surface area (Å²) < 4.78 is 1.10. The molecule has 0 spiro atoms. The molecule has 4 heteroatoms. The number of aromatic amines is 1. The van der Waals surface area contributed by atoms with Crippen LogP contribution >= 0.6 is 0 Å². The molecule has 14 heavy (non-hydrogen) atoms. The van der Waals surface area contributed by atoms with Gasteiger partial charge in [0.2, 0.25) is 0 Å². The smallest absolute Gasteiger partial charge is 0.311 e. The van der Waals surface area contributed by atoms with Gasteiger partial charge < -0.3 is 4.98 Å². The third-order valence-electron chi connectivity index (χ3n) is 2.96. The van der Waals surface area contributed by atoms with Crippen molar-refractivity contribution in [3.63, 3.8) is 0 Å². The number of rotatable bonds is 1. The average molecular weight is 194 g/mol. The average Bonchev–Trinajstić information content (AvgIpc) is 2.66. The maximum absolute atomic E-state index is 11.4. The Labute approximate surface area is 81.6 Å². The van der Waals surface area contributed by atoms with Crippen molar-refractivity contribution in [1.29, 1.82) is 0 Å². The molecule has 0 aliphatic heterocycles. The molecule has 0 amide bonds. The maximum Gasteiger partial charge on any atom is 0.328 e. The van der Waals surface area contributed by atoms with Crippen LogP contribution in [0.5, 0.6) is 0 Å². The predicted molar refractivity (Wildman–Crippen MR) is 53.5 cm³/mol. The first-order valence-electron chi connectivity index (χ1n) is 4.99. The zero-order valence-corrected chi connectivity index (χ0v) is 8.25. The lowest BCUT2D eigenvalue weighted by Gasteiger charge is -2.08. The molecule has 1 aliphatic rings. The van der Waals surface area contributed by atoms with Gasteiger partial charge in [0.25, 0.3) is 5.56 Å². The summed E-state index contributed by atoms with van der Waals surface area (Å²) in [7, 11) is 1.49. The van der Waals surface area contributed by atoms with E-state index in [0.29, 0.717) is 5.92 Å². The van der Waals surface area contributed by atoms with Crippen LogP contribution in [0.15, 0.2) is 15.7 Å². The van der Waals surface area contributed by atoms with Crippen molar-refractivity contribution in [1.82, 2.24) is 9.55 Å². The van der Waals surface area contributed by atoms with Crippen LogP contribution in [-0.2, 0) is 7.05 Å². The minimum absolute atomic E-state index is 0.212. The molecule has 1 fully saturated rings. The SMILES string of the molecule is Cn1c(=O)cc(C2CCCC2)[nH]c1=O. The molecule has 1 N–H and O–H groups in total. The number of hydrogen-bond acceptors (Lipinski definition) is 2. The molecule has 4 nitrogen and oxygen atoms in total. The van der Waals surface area contributed by atoms with E-state index in [1.165, 1.54) is 19.9 Å². The van der Waals surface area contributed by atoms with Gasteiger partial charge in [-0.05, 0) is 18.8 Å². The van der Waals surface area contributed by atoms with Crippen LogP contribution in [0.25, 0.3) is 0 Å². The third kappa shape index (κ3) is 1.52. The quantitative estimate of drug-likeness (QED) is 0.716. The number of aromatic nitrogens is 2. The number of hydrogen-bond donors (Lipinski definition) is 1. The first kappa shape index (κ1) is 9.24. The van der Waals surface area contributed by atoms with Gasteiger partial charge in [-0.1, -0.05) is 12.8 Å². The fourth-order valence-corrected chi connectivity index (χ4v) is 2.03. The Bertz CT molecular complexity index is 407. The molecule has 1 aromatic heterocycles. The second kappa shape index (κ2) is 3.44. The van der Waals surface area contributed by atoms with Crippen LogP contribution in [0.1, 0.15) is 37.3 Å². The molecule has 2 rings (SSSR count). The Morgan fingerprint density at radius 1 is 1.36 bits per heavy atom. The summed E-state index contributed by atoms with van der Waals surface area (Å²) in [4.78, 5) is 25.5. The highest BCUT2D eigenvalue weighted by molar-refractivity contribution is 5.08. The van der Waals surface area contributed by atoms with Gasteiger partial charge in [-0.2, -0.15) is 0 Å². The topological polar surface area (TPSA) is 54.9 Å². The minimum Gasteiger partial charge on any atom is -0.311 e. The van der Waals surface area contributed by atoms with E-state index in [1.807, 2.05) is 0 Å². The van der Waals surface area contributed by atoms with Crippen molar-refractivity contribution >= 4 is 0 Å². The van der Waals surface area contributed by atoms with Crippen LogP contribution in [0.2, 0.25) is 0 Å². The van der Waals surface area contributed by atoms with Gasteiger partial charge in [0.1, 0.15) is 0 Å². The number of H-pyrrole nitrogens is 1. The van der Waals surface area contributed by atoms with Gasteiger partial charge in [0, 0.05) is 18.8 Å². The van der Waals surface area contributed by atoms with E-state index in [4.69, 9.17) is 0 Å². The molecule has 1 saturated carbocycles. The molecule has 0 unspecified atom stereocenters. The molecule has 0 radical (unpaired) electrons. The second-order valence-electron chi connectivity index (χ2n) is 3.91. The predicted octanol–water partition coefficient (Wildman–Crippen LogP) is 0.731. The molecule has 1 aliphatic carbocycles. The molecule has 0 aromatic carbocycles. The largest absolute Gasteiger partial charge is 0.328 e. The summed E-state index contributed by atoms with van der Waals surface area (Å²) in [5.41, 5.74) is 0.297. The van der Waals surface area contributed by atoms with Crippen LogP contribution < -0.4 is 11.2 Å². The van der Waals surface area contributed by atoms with Gasteiger partial charge in [-0.15, -0.1) is 0 Å². The summed E-state index contributed by atoms with van der Waals surface area (Å²) in [6, 6.07) is 1.55. The van der Waals surface area contributed by atoms with Gasteiger partial charge in [-0.25, -0.2) is 4.79 Å². The Hall–Kier alpha value is -1.32. The van der Waals surface area contributed by atoms with Crippen LogP contribution in [0.4, 0.5) is 0 Å². The molecular formula is C10H14N2O2. The molecular weight excluding hydrogens is 180 g/mol. The van der Waals surface area contributed by atoms with Crippen molar-refractivity contribution in [3.8, 4) is 0 Å². The Morgan fingerprint density at radius 3 is 2.57 bits per heavy atom. The van der Waals surface area contributed by atoms with Crippen molar-refractivity contribution in [3.05, 3.63) is 32.6 Å². The van der Waals surface area contributed by atoms with E-state index in [9.17, 15) is 9.59 Å². The molecule has 0 atom stereocenters. The van der Waals surface area contributed by atoms with Gasteiger partial charge in [-0.3, -0.25) is 9.36 Å². The first-order chi connectivity index (χ1) is 6.68. The fourth-order valence-electron chi connectivity index (χ4n) is 2.03. The lowest BCUT2D eigenvalue weighted by atomic mass is 10.0. The highest BCUT2D eigenvalue weighted by Gasteiger charge is 2.18. The second-order valence-corrected chi connectivity index (χ2v) is 3.91. The molecule has 76 valence electrons. The van der Waals surface area contributed by atoms with Crippen molar-refractivity contribution in [2.75, 3.05) is 0 Å². The number of nitrogens with zero attached hydrogens (tertiary/aromatic N) is 1. The van der Waals surface area contributed by atoms with Crippen molar-refractivity contribution in [2.24, 2.45) is 7.05 Å². The van der Waals surface area contributed by atoms with Crippen LogP contribution in [-0.4, -0.2) is 9.55 Å². The normalized spacial score (nSPS) is 17.5. The number of nitrogens with one attached hydrogen (secondary N) is 1. The van der Waals surface area contributed by atoms with E-state index in [2.05, 4.69) is 4.98 Å². The zero-order valence-electron chi connectivity index (χ0n) is 8.25. The van der Waals surface area contributed by atoms with E-state index in [-0.39, 0.29) is 11.2 Å². The highest BCUT2D eigenvalue weighted by Crippen LogP contribution is 2.31. The van der Waals surface area contributed by atoms with Crippen LogP contribution in [0.3, 0.4) is 0 Å². The summed E-state index contributed by atoms with van der Waals surface area (Å²) in [6.45, 7) is 0. The monoisotopic (exact) mass is 194 g/mol. The zero-order chi connectivity index (χ0) is 10.1. The minimum atomic E-state index is -0.306. The third-order valence-corrected chi connectivity index (χ3v) is 2.96. The fraction of sp³-hybridized carbons (Fsp3) is 0.600. The van der Waals surface area contributed by atoms with Crippen LogP contribution in [0, 0.1) is 0 Å². The Balaban J connectivity index is 2.45. The molecule has 1 heterocycles. The summed E-state index contributed by atoms with van der Waals surface area (Å²) in [5.74, 6) is 0.386. The van der Waals surface area contributed by atoms with E-state index >= 15 is 0 Å².